The highest BCUT2D eigenvalue weighted by atomic mass is 35.5. The molecule has 68 valence electrons. The molecule has 1 unspecified atom stereocenters. The van der Waals surface area contributed by atoms with Crippen LogP contribution in [0.1, 0.15) is 12.5 Å². The van der Waals surface area contributed by atoms with Crippen molar-refractivity contribution in [3.63, 3.8) is 0 Å². The Morgan fingerprint density at radius 1 is 1.25 bits per heavy atom. The molecule has 2 heteroatoms. The summed E-state index contributed by atoms with van der Waals surface area (Å²) in [5.74, 6) is 0.595. The highest BCUT2D eigenvalue weighted by Crippen LogP contribution is 2.05. The molecule has 0 saturated carbocycles. The Bertz CT molecular complexity index is 198. The first-order valence-electron chi connectivity index (χ1n) is 4.07. The zero-order valence-electron chi connectivity index (χ0n) is 7.36. The van der Waals surface area contributed by atoms with Gasteiger partial charge in [-0.1, -0.05) is 37.3 Å². The van der Waals surface area contributed by atoms with Crippen molar-refractivity contribution in [2.75, 3.05) is 6.54 Å². The standard InChI is InChI=1S/C10H15N.ClH/c1-9(8-11)7-10-5-3-2-4-6-10;/h2-6,9H,7-8,11H2,1H3;1H. The van der Waals surface area contributed by atoms with Crippen LogP contribution in [0.15, 0.2) is 30.3 Å². The van der Waals surface area contributed by atoms with E-state index in [9.17, 15) is 0 Å². The Morgan fingerprint density at radius 2 is 1.83 bits per heavy atom. The summed E-state index contributed by atoms with van der Waals surface area (Å²) >= 11 is 0. The summed E-state index contributed by atoms with van der Waals surface area (Å²) in [6.45, 7) is 2.95. The molecule has 0 bridgehead atoms. The van der Waals surface area contributed by atoms with Crippen molar-refractivity contribution in [1.82, 2.24) is 0 Å². The molecule has 0 aliphatic rings. The number of rotatable bonds is 3. The molecule has 0 saturated heterocycles. The topological polar surface area (TPSA) is 26.0 Å². The molecule has 0 amide bonds. The molecule has 0 spiro atoms. The van der Waals surface area contributed by atoms with Crippen LogP contribution < -0.4 is 5.73 Å². The maximum absolute atomic E-state index is 5.52. The third-order valence-electron chi connectivity index (χ3n) is 1.83. The van der Waals surface area contributed by atoms with E-state index in [0.717, 1.165) is 13.0 Å². The summed E-state index contributed by atoms with van der Waals surface area (Å²) in [6.07, 6.45) is 1.09. The van der Waals surface area contributed by atoms with E-state index in [4.69, 9.17) is 5.73 Å². The lowest BCUT2D eigenvalue weighted by Crippen LogP contribution is -2.12. The zero-order valence-corrected chi connectivity index (χ0v) is 8.18. The first kappa shape index (κ1) is 11.5. The summed E-state index contributed by atoms with van der Waals surface area (Å²) in [6, 6.07) is 10.5. The molecule has 0 aliphatic heterocycles. The lowest BCUT2D eigenvalue weighted by atomic mass is 10.0. The molecule has 1 aromatic carbocycles. The van der Waals surface area contributed by atoms with E-state index < -0.39 is 0 Å². The van der Waals surface area contributed by atoms with E-state index >= 15 is 0 Å². The average Bonchev–Trinajstić information content (AvgIpc) is 2.06. The Balaban J connectivity index is 0.00000121. The van der Waals surface area contributed by atoms with Crippen LogP contribution in [0.4, 0.5) is 0 Å². The van der Waals surface area contributed by atoms with Gasteiger partial charge >= 0.3 is 0 Å². The molecule has 1 rings (SSSR count). The molecule has 1 aromatic rings. The number of hydrogen-bond acceptors (Lipinski definition) is 1. The predicted octanol–water partition coefficient (Wildman–Crippen LogP) is 2.25. The Hall–Kier alpha value is -0.530. The van der Waals surface area contributed by atoms with Gasteiger partial charge in [0.05, 0.1) is 0 Å². The monoisotopic (exact) mass is 185 g/mol. The maximum Gasteiger partial charge on any atom is -0.00483 e. The minimum Gasteiger partial charge on any atom is -0.330 e. The van der Waals surface area contributed by atoms with Gasteiger partial charge in [-0.3, -0.25) is 0 Å². The normalized spacial score (nSPS) is 11.8. The van der Waals surface area contributed by atoms with Crippen LogP contribution in [0.25, 0.3) is 0 Å². The second kappa shape index (κ2) is 6.04. The molecule has 1 nitrogen and oxygen atoms in total. The molecular formula is C10H16ClN. The molecular weight excluding hydrogens is 170 g/mol. The van der Waals surface area contributed by atoms with Crippen molar-refractivity contribution in [2.24, 2.45) is 11.7 Å². The fourth-order valence-corrected chi connectivity index (χ4v) is 1.10. The second-order valence-electron chi connectivity index (χ2n) is 3.03. The van der Waals surface area contributed by atoms with Crippen LogP contribution in [0, 0.1) is 5.92 Å². The highest BCUT2D eigenvalue weighted by Gasteiger charge is 1.98. The highest BCUT2D eigenvalue weighted by molar-refractivity contribution is 5.85. The van der Waals surface area contributed by atoms with Crippen molar-refractivity contribution in [3.8, 4) is 0 Å². The van der Waals surface area contributed by atoms with Gasteiger partial charge in [-0.2, -0.15) is 0 Å². The van der Waals surface area contributed by atoms with Gasteiger partial charge in [0, 0.05) is 0 Å². The predicted molar refractivity (Wildman–Crippen MR) is 55.6 cm³/mol. The van der Waals surface area contributed by atoms with E-state index in [2.05, 4.69) is 31.2 Å². The van der Waals surface area contributed by atoms with Crippen molar-refractivity contribution in [2.45, 2.75) is 13.3 Å². The summed E-state index contributed by atoms with van der Waals surface area (Å²) in [5, 5.41) is 0. The molecule has 0 fully saturated rings. The van der Waals surface area contributed by atoms with Gasteiger partial charge in [-0.25, -0.2) is 0 Å². The minimum atomic E-state index is 0. The SMILES string of the molecule is CC(CN)Cc1ccccc1.Cl. The van der Waals surface area contributed by atoms with Crippen molar-refractivity contribution in [3.05, 3.63) is 35.9 Å². The summed E-state index contributed by atoms with van der Waals surface area (Å²) in [7, 11) is 0. The quantitative estimate of drug-likeness (QED) is 0.768. The molecule has 0 aliphatic carbocycles. The van der Waals surface area contributed by atoms with E-state index in [1.807, 2.05) is 6.07 Å². The first-order valence-corrected chi connectivity index (χ1v) is 4.07. The van der Waals surface area contributed by atoms with Crippen LogP contribution in [0.2, 0.25) is 0 Å². The maximum atomic E-state index is 5.52. The van der Waals surface area contributed by atoms with Crippen LogP contribution in [-0.4, -0.2) is 6.54 Å². The zero-order chi connectivity index (χ0) is 8.10. The third-order valence-corrected chi connectivity index (χ3v) is 1.83. The molecule has 12 heavy (non-hydrogen) atoms. The van der Waals surface area contributed by atoms with Gasteiger partial charge in [-0.05, 0) is 24.4 Å². The van der Waals surface area contributed by atoms with E-state index in [1.54, 1.807) is 0 Å². The molecule has 0 radical (unpaired) electrons. The van der Waals surface area contributed by atoms with E-state index in [1.165, 1.54) is 5.56 Å². The number of benzene rings is 1. The second-order valence-corrected chi connectivity index (χ2v) is 3.03. The Labute approximate surface area is 80.4 Å². The smallest absolute Gasteiger partial charge is 0.00483 e. The Kier molecular flexibility index (Phi) is 5.77. The van der Waals surface area contributed by atoms with Crippen LogP contribution in [0.5, 0.6) is 0 Å². The van der Waals surface area contributed by atoms with E-state index in [-0.39, 0.29) is 12.4 Å². The molecule has 1 atom stereocenters. The summed E-state index contributed by atoms with van der Waals surface area (Å²) < 4.78 is 0. The van der Waals surface area contributed by atoms with Gasteiger partial charge in [0.15, 0.2) is 0 Å². The Morgan fingerprint density at radius 3 is 2.33 bits per heavy atom. The summed E-state index contributed by atoms with van der Waals surface area (Å²) in [4.78, 5) is 0. The number of nitrogens with two attached hydrogens (primary N) is 1. The van der Waals surface area contributed by atoms with Crippen LogP contribution in [-0.2, 0) is 6.42 Å². The first-order chi connectivity index (χ1) is 5.33. The van der Waals surface area contributed by atoms with Gasteiger partial charge in [0.1, 0.15) is 0 Å². The van der Waals surface area contributed by atoms with Crippen molar-refractivity contribution >= 4 is 12.4 Å². The molecule has 2 N–H and O–H groups in total. The average molecular weight is 186 g/mol. The van der Waals surface area contributed by atoms with Gasteiger partial charge in [-0.15, -0.1) is 12.4 Å². The van der Waals surface area contributed by atoms with Crippen LogP contribution >= 0.6 is 12.4 Å². The number of halogens is 1. The third kappa shape index (κ3) is 3.74. The fourth-order valence-electron chi connectivity index (χ4n) is 1.10. The van der Waals surface area contributed by atoms with Crippen molar-refractivity contribution in [1.29, 1.82) is 0 Å². The van der Waals surface area contributed by atoms with Crippen molar-refractivity contribution < 1.29 is 0 Å². The van der Waals surface area contributed by atoms with Gasteiger partial charge in [0.25, 0.3) is 0 Å². The van der Waals surface area contributed by atoms with Gasteiger partial charge < -0.3 is 5.73 Å². The lowest BCUT2D eigenvalue weighted by molar-refractivity contribution is 0.593. The molecule has 0 aromatic heterocycles. The summed E-state index contributed by atoms with van der Waals surface area (Å²) in [5.41, 5.74) is 6.90. The minimum absolute atomic E-state index is 0. The van der Waals surface area contributed by atoms with Gasteiger partial charge in [0.2, 0.25) is 0 Å². The fraction of sp³-hybridized carbons (Fsp3) is 0.400. The van der Waals surface area contributed by atoms with Crippen LogP contribution in [0.3, 0.4) is 0 Å². The lowest BCUT2D eigenvalue weighted by Gasteiger charge is -2.06. The molecule has 0 heterocycles. The van der Waals surface area contributed by atoms with E-state index in [0.29, 0.717) is 5.92 Å². The number of hydrogen-bond donors (Lipinski definition) is 1. The largest absolute Gasteiger partial charge is 0.330 e.